The summed E-state index contributed by atoms with van der Waals surface area (Å²) in [6.07, 6.45) is 2.87. The molecule has 0 bridgehead atoms. The molecule has 0 spiro atoms. The molecule has 1 heterocycles. The summed E-state index contributed by atoms with van der Waals surface area (Å²) in [5, 5.41) is 4.18. The summed E-state index contributed by atoms with van der Waals surface area (Å²) in [5.41, 5.74) is 9.37. The average Bonchev–Trinajstić information content (AvgIpc) is 2.83. The molecule has 0 atom stereocenters. The van der Waals surface area contributed by atoms with Gasteiger partial charge in [0.2, 0.25) is 0 Å². The zero-order valence-corrected chi connectivity index (χ0v) is 11.7. The molecular formula is C15H22N4. The molecule has 0 aliphatic carbocycles. The highest BCUT2D eigenvalue weighted by molar-refractivity contribution is 5.22. The average molecular weight is 258 g/mol. The molecule has 4 heteroatoms. The molecule has 0 radical (unpaired) electrons. The number of likely N-dealkylation sites (N-methyl/N-ethyl adjacent to an activating group) is 1. The van der Waals surface area contributed by atoms with Gasteiger partial charge >= 0.3 is 0 Å². The van der Waals surface area contributed by atoms with Gasteiger partial charge in [-0.3, -0.25) is 4.68 Å². The van der Waals surface area contributed by atoms with Gasteiger partial charge in [0.05, 0.1) is 0 Å². The van der Waals surface area contributed by atoms with Gasteiger partial charge in [-0.25, -0.2) is 0 Å². The highest BCUT2D eigenvalue weighted by Crippen LogP contribution is 2.07. The highest BCUT2D eigenvalue weighted by atomic mass is 15.3. The molecule has 0 aliphatic rings. The van der Waals surface area contributed by atoms with E-state index in [-0.39, 0.29) is 0 Å². The van der Waals surface area contributed by atoms with Gasteiger partial charge in [0, 0.05) is 45.0 Å². The number of aromatic nitrogens is 2. The van der Waals surface area contributed by atoms with E-state index in [0.29, 0.717) is 6.54 Å². The zero-order chi connectivity index (χ0) is 13.7. The predicted molar refractivity (Wildman–Crippen MR) is 77.6 cm³/mol. The summed E-state index contributed by atoms with van der Waals surface area (Å²) in [5.74, 6) is 0. The van der Waals surface area contributed by atoms with E-state index >= 15 is 0 Å². The fourth-order valence-electron chi connectivity index (χ4n) is 2.12. The van der Waals surface area contributed by atoms with Crippen LogP contribution in [0.2, 0.25) is 0 Å². The zero-order valence-electron chi connectivity index (χ0n) is 11.7. The molecule has 2 rings (SSSR count). The third-order valence-electron chi connectivity index (χ3n) is 3.38. The summed E-state index contributed by atoms with van der Waals surface area (Å²) < 4.78 is 1.93. The van der Waals surface area contributed by atoms with Gasteiger partial charge in [-0.15, -0.1) is 0 Å². The van der Waals surface area contributed by atoms with Crippen LogP contribution in [0.15, 0.2) is 36.5 Å². The number of benzene rings is 1. The van der Waals surface area contributed by atoms with Crippen LogP contribution >= 0.6 is 0 Å². The van der Waals surface area contributed by atoms with Gasteiger partial charge in [-0.1, -0.05) is 24.3 Å². The molecule has 2 aromatic rings. The third-order valence-corrected chi connectivity index (χ3v) is 3.38. The molecule has 4 nitrogen and oxygen atoms in total. The molecule has 0 saturated heterocycles. The lowest BCUT2D eigenvalue weighted by Crippen LogP contribution is -2.21. The second-order valence-corrected chi connectivity index (χ2v) is 4.95. The van der Waals surface area contributed by atoms with E-state index in [4.69, 9.17) is 5.73 Å². The van der Waals surface area contributed by atoms with E-state index in [9.17, 15) is 0 Å². The second-order valence-electron chi connectivity index (χ2n) is 4.95. The van der Waals surface area contributed by atoms with Crippen LogP contribution in [0.1, 0.15) is 16.8 Å². The predicted octanol–water partition coefficient (Wildman–Crippen LogP) is 1.55. The summed E-state index contributed by atoms with van der Waals surface area (Å²) in [6.45, 7) is 2.59. The lowest BCUT2D eigenvalue weighted by molar-refractivity contribution is 0.328. The molecule has 19 heavy (non-hydrogen) atoms. The maximum absolute atomic E-state index is 5.60. The van der Waals surface area contributed by atoms with Crippen LogP contribution in [0.4, 0.5) is 0 Å². The largest absolute Gasteiger partial charge is 0.326 e. The van der Waals surface area contributed by atoms with Gasteiger partial charge in [0.25, 0.3) is 0 Å². The summed E-state index contributed by atoms with van der Waals surface area (Å²) in [6, 6.07) is 10.6. The van der Waals surface area contributed by atoms with E-state index in [2.05, 4.69) is 47.4 Å². The van der Waals surface area contributed by atoms with Crippen molar-refractivity contribution in [3.63, 3.8) is 0 Å². The van der Waals surface area contributed by atoms with E-state index in [1.807, 2.05) is 17.9 Å². The first-order chi connectivity index (χ1) is 9.19. The fourth-order valence-corrected chi connectivity index (χ4v) is 2.12. The molecule has 0 amide bonds. The molecule has 0 fully saturated rings. The Hall–Kier alpha value is -1.65. The lowest BCUT2D eigenvalue weighted by atomic mass is 10.1. The second kappa shape index (κ2) is 6.50. The first kappa shape index (κ1) is 13.8. The van der Waals surface area contributed by atoms with Crippen molar-refractivity contribution >= 4 is 0 Å². The van der Waals surface area contributed by atoms with E-state index in [1.165, 1.54) is 16.8 Å². The number of hydrogen-bond donors (Lipinski definition) is 1. The molecular weight excluding hydrogens is 236 g/mol. The van der Waals surface area contributed by atoms with Crippen LogP contribution < -0.4 is 5.73 Å². The monoisotopic (exact) mass is 258 g/mol. The van der Waals surface area contributed by atoms with Crippen LogP contribution in [0.25, 0.3) is 0 Å². The van der Waals surface area contributed by atoms with E-state index < -0.39 is 0 Å². The summed E-state index contributed by atoms with van der Waals surface area (Å²) in [4.78, 5) is 2.32. The molecule has 102 valence electrons. The van der Waals surface area contributed by atoms with Gasteiger partial charge < -0.3 is 10.6 Å². The molecule has 1 aromatic heterocycles. The Bertz CT molecular complexity index is 501. The van der Waals surface area contributed by atoms with E-state index in [1.54, 1.807) is 0 Å². The number of aryl methyl sites for hydroxylation is 1. The van der Waals surface area contributed by atoms with Crippen molar-refractivity contribution in [3.8, 4) is 0 Å². The standard InChI is InChI=1S/C15H22N4/c1-18(10-8-15-7-9-17-19(15)2)12-14-5-3-13(11-16)4-6-14/h3-7,9H,8,10-12,16H2,1-2H3. The molecule has 0 unspecified atom stereocenters. The quantitative estimate of drug-likeness (QED) is 0.855. The van der Waals surface area contributed by atoms with Crippen LogP contribution in [-0.2, 0) is 26.6 Å². The third kappa shape index (κ3) is 3.91. The van der Waals surface area contributed by atoms with Gasteiger partial charge in [0.15, 0.2) is 0 Å². The maximum Gasteiger partial charge on any atom is 0.0492 e. The van der Waals surface area contributed by atoms with Crippen molar-refractivity contribution in [3.05, 3.63) is 53.3 Å². The first-order valence-electron chi connectivity index (χ1n) is 6.62. The SMILES string of the molecule is CN(CCc1ccnn1C)Cc1ccc(CN)cc1. The number of hydrogen-bond acceptors (Lipinski definition) is 3. The van der Waals surface area contributed by atoms with Gasteiger partial charge in [-0.05, 0) is 24.2 Å². The Labute approximate surface area is 114 Å². The van der Waals surface area contributed by atoms with Crippen molar-refractivity contribution in [2.75, 3.05) is 13.6 Å². The van der Waals surface area contributed by atoms with Gasteiger partial charge in [-0.2, -0.15) is 5.10 Å². The van der Waals surface area contributed by atoms with Crippen LogP contribution in [-0.4, -0.2) is 28.3 Å². The maximum atomic E-state index is 5.60. The number of nitrogens with two attached hydrogens (primary N) is 1. The smallest absolute Gasteiger partial charge is 0.0492 e. The van der Waals surface area contributed by atoms with Crippen molar-refractivity contribution in [1.82, 2.24) is 14.7 Å². The lowest BCUT2D eigenvalue weighted by Gasteiger charge is -2.16. The minimum atomic E-state index is 0.608. The van der Waals surface area contributed by atoms with Crippen LogP contribution in [0.3, 0.4) is 0 Å². The summed E-state index contributed by atoms with van der Waals surface area (Å²) in [7, 11) is 4.13. The fraction of sp³-hybridized carbons (Fsp3) is 0.400. The molecule has 0 saturated carbocycles. The van der Waals surface area contributed by atoms with Crippen molar-refractivity contribution in [2.24, 2.45) is 12.8 Å². The van der Waals surface area contributed by atoms with Crippen molar-refractivity contribution in [2.45, 2.75) is 19.5 Å². The van der Waals surface area contributed by atoms with E-state index in [0.717, 1.165) is 19.5 Å². The van der Waals surface area contributed by atoms with Crippen LogP contribution in [0, 0.1) is 0 Å². The minimum absolute atomic E-state index is 0.608. The Balaban J connectivity index is 1.83. The van der Waals surface area contributed by atoms with Crippen molar-refractivity contribution < 1.29 is 0 Å². The molecule has 1 aromatic carbocycles. The summed E-state index contributed by atoms with van der Waals surface area (Å²) >= 11 is 0. The number of nitrogens with zero attached hydrogens (tertiary/aromatic N) is 3. The van der Waals surface area contributed by atoms with Crippen molar-refractivity contribution in [1.29, 1.82) is 0 Å². The Morgan fingerprint density at radius 2 is 1.84 bits per heavy atom. The Morgan fingerprint density at radius 3 is 2.42 bits per heavy atom. The van der Waals surface area contributed by atoms with Gasteiger partial charge in [0.1, 0.15) is 0 Å². The minimum Gasteiger partial charge on any atom is -0.326 e. The molecule has 0 aliphatic heterocycles. The molecule has 2 N–H and O–H groups in total. The Morgan fingerprint density at radius 1 is 1.16 bits per heavy atom. The highest BCUT2D eigenvalue weighted by Gasteiger charge is 2.03. The Kier molecular flexibility index (Phi) is 4.71. The van der Waals surface area contributed by atoms with Crippen LogP contribution in [0.5, 0.6) is 0 Å². The first-order valence-corrected chi connectivity index (χ1v) is 6.62. The normalized spacial score (nSPS) is 11.2. The topological polar surface area (TPSA) is 47.1 Å². The number of rotatable bonds is 6.